The number of rotatable bonds is 3. The molecule has 1 saturated carbocycles. The van der Waals surface area contributed by atoms with Crippen molar-refractivity contribution in [3.8, 4) is 0 Å². The first-order chi connectivity index (χ1) is 7.79. The molecule has 0 aromatic carbocycles. The van der Waals surface area contributed by atoms with Crippen LogP contribution in [0.1, 0.15) is 46.5 Å². The van der Waals surface area contributed by atoms with E-state index in [4.69, 9.17) is 4.74 Å². The van der Waals surface area contributed by atoms with E-state index in [1.54, 1.807) is 20.8 Å². The maximum Gasteiger partial charge on any atom is 0.408 e. The summed E-state index contributed by atoms with van der Waals surface area (Å²) in [5, 5.41) is 12.4. The third kappa shape index (κ3) is 3.84. The molecule has 0 heterocycles. The van der Waals surface area contributed by atoms with Crippen molar-refractivity contribution >= 4 is 6.09 Å². The normalized spacial score (nSPS) is 21.0. The van der Waals surface area contributed by atoms with Crippen LogP contribution in [0.4, 0.5) is 9.18 Å². The van der Waals surface area contributed by atoms with Crippen molar-refractivity contribution in [1.82, 2.24) is 5.32 Å². The first kappa shape index (κ1) is 14.2. The molecule has 4 nitrogen and oxygen atoms in total. The smallest absolute Gasteiger partial charge is 0.408 e. The van der Waals surface area contributed by atoms with Crippen molar-refractivity contribution < 1.29 is 19.0 Å². The molecule has 0 aromatic heterocycles. The lowest BCUT2D eigenvalue weighted by atomic mass is 9.91. The molecular formula is C12H22FNO3. The van der Waals surface area contributed by atoms with E-state index in [0.29, 0.717) is 12.8 Å². The van der Waals surface area contributed by atoms with Crippen molar-refractivity contribution in [2.24, 2.45) is 0 Å². The number of aliphatic hydroxyl groups excluding tert-OH is 1. The van der Waals surface area contributed by atoms with Gasteiger partial charge in [-0.15, -0.1) is 0 Å². The molecule has 1 amide bonds. The average molecular weight is 247 g/mol. The Bertz CT molecular complexity index is 269. The summed E-state index contributed by atoms with van der Waals surface area (Å²) in [4.78, 5) is 11.7. The van der Waals surface area contributed by atoms with Crippen LogP contribution in [-0.4, -0.2) is 35.1 Å². The van der Waals surface area contributed by atoms with Crippen LogP contribution in [0.25, 0.3) is 0 Å². The third-order valence-electron chi connectivity index (χ3n) is 3.03. The van der Waals surface area contributed by atoms with Crippen molar-refractivity contribution in [1.29, 1.82) is 0 Å². The van der Waals surface area contributed by atoms with E-state index in [1.807, 2.05) is 0 Å². The molecule has 0 saturated heterocycles. The molecule has 0 radical (unpaired) electrons. The summed E-state index contributed by atoms with van der Waals surface area (Å²) in [6, 6.07) is 0. The number of hydrogen-bond donors (Lipinski definition) is 2. The van der Waals surface area contributed by atoms with Gasteiger partial charge in [-0.25, -0.2) is 9.18 Å². The van der Waals surface area contributed by atoms with Gasteiger partial charge in [0, 0.05) is 0 Å². The number of ether oxygens (including phenoxy) is 1. The lowest BCUT2D eigenvalue weighted by Crippen LogP contribution is -2.56. The van der Waals surface area contributed by atoms with Gasteiger partial charge in [-0.2, -0.15) is 0 Å². The fraction of sp³-hybridized carbons (Fsp3) is 0.917. The highest BCUT2D eigenvalue weighted by molar-refractivity contribution is 5.69. The van der Waals surface area contributed by atoms with Crippen molar-refractivity contribution in [2.75, 3.05) is 6.67 Å². The minimum atomic E-state index is -1.16. The van der Waals surface area contributed by atoms with Gasteiger partial charge in [0.1, 0.15) is 18.4 Å². The van der Waals surface area contributed by atoms with Crippen LogP contribution in [0.15, 0.2) is 0 Å². The van der Waals surface area contributed by atoms with Crippen LogP contribution in [-0.2, 0) is 4.74 Å². The Morgan fingerprint density at radius 3 is 2.41 bits per heavy atom. The monoisotopic (exact) mass is 247 g/mol. The molecule has 1 unspecified atom stereocenters. The van der Waals surface area contributed by atoms with E-state index in [0.717, 1.165) is 12.8 Å². The quantitative estimate of drug-likeness (QED) is 0.803. The fourth-order valence-corrected chi connectivity index (χ4v) is 2.20. The summed E-state index contributed by atoms with van der Waals surface area (Å²) in [5.41, 5.74) is -1.44. The summed E-state index contributed by atoms with van der Waals surface area (Å²) >= 11 is 0. The fourth-order valence-electron chi connectivity index (χ4n) is 2.20. The summed E-state index contributed by atoms with van der Waals surface area (Å²) in [5.74, 6) is 0. The van der Waals surface area contributed by atoms with Crippen molar-refractivity contribution in [3.05, 3.63) is 0 Å². The second-order valence-corrected chi connectivity index (χ2v) is 5.66. The average Bonchev–Trinajstić information content (AvgIpc) is 2.63. The zero-order valence-corrected chi connectivity index (χ0v) is 10.8. The van der Waals surface area contributed by atoms with E-state index in [9.17, 15) is 14.3 Å². The lowest BCUT2D eigenvalue weighted by Gasteiger charge is -2.34. The summed E-state index contributed by atoms with van der Waals surface area (Å²) in [6.07, 6.45) is 1.21. The molecule has 1 fully saturated rings. The Morgan fingerprint density at radius 1 is 1.47 bits per heavy atom. The van der Waals surface area contributed by atoms with E-state index >= 15 is 0 Å². The maximum atomic E-state index is 12.6. The minimum Gasteiger partial charge on any atom is -0.444 e. The van der Waals surface area contributed by atoms with E-state index in [2.05, 4.69) is 5.32 Å². The molecule has 1 aliphatic carbocycles. The molecule has 100 valence electrons. The second kappa shape index (κ2) is 5.21. The number of alkyl halides is 1. The van der Waals surface area contributed by atoms with Crippen LogP contribution < -0.4 is 5.32 Å². The highest BCUT2D eigenvalue weighted by Crippen LogP contribution is 2.33. The summed E-state index contributed by atoms with van der Waals surface area (Å²) in [6.45, 7) is 4.44. The molecule has 1 aliphatic rings. The number of carbonyl (C=O) groups excluding carboxylic acids is 1. The molecule has 0 bridgehead atoms. The Balaban J connectivity index is 2.65. The van der Waals surface area contributed by atoms with Gasteiger partial charge in [0.15, 0.2) is 0 Å². The first-order valence-electron chi connectivity index (χ1n) is 6.04. The van der Waals surface area contributed by atoms with Gasteiger partial charge < -0.3 is 15.2 Å². The summed E-state index contributed by atoms with van der Waals surface area (Å²) < 4.78 is 17.8. The standard InChI is InChI=1S/C12H22FNO3/c1-11(2,3)17-10(16)14-12(9(15)8-13)6-4-5-7-12/h9,15H,4-8H2,1-3H3,(H,14,16). The largest absolute Gasteiger partial charge is 0.444 e. The number of carbonyl (C=O) groups is 1. The number of halogens is 1. The maximum absolute atomic E-state index is 12.6. The zero-order chi connectivity index (χ0) is 13.1. The van der Waals surface area contributed by atoms with Gasteiger partial charge in [-0.3, -0.25) is 0 Å². The van der Waals surface area contributed by atoms with Gasteiger partial charge in [0.2, 0.25) is 0 Å². The van der Waals surface area contributed by atoms with Crippen LogP contribution in [0.3, 0.4) is 0 Å². The van der Waals surface area contributed by atoms with Crippen molar-refractivity contribution in [3.63, 3.8) is 0 Å². The molecule has 0 aliphatic heterocycles. The van der Waals surface area contributed by atoms with Crippen LogP contribution in [0.5, 0.6) is 0 Å². The topological polar surface area (TPSA) is 58.6 Å². The van der Waals surface area contributed by atoms with Gasteiger partial charge in [-0.1, -0.05) is 12.8 Å². The number of amides is 1. The predicted molar refractivity (Wildman–Crippen MR) is 62.6 cm³/mol. The molecule has 5 heteroatoms. The summed E-state index contributed by atoms with van der Waals surface area (Å²) in [7, 11) is 0. The van der Waals surface area contributed by atoms with Crippen LogP contribution >= 0.6 is 0 Å². The third-order valence-corrected chi connectivity index (χ3v) is 3.03. The molecule has 0 aromatic rings. The van der Waals surface area contributed by atoms with Gasteiger partial charge >= 0.3 is 6.09 Å². The Labute approximate surface area is 102 Å². The number of alkyl carbamates (subject to hydrolysis) is 1. The Hall–Kier alpha value is -0.840. The minimum absolute atomic E-state index is 0.591. The number of hydrogen-bond acceptors (Lipinski definition) is 3. The van der Waals surface area contributed by atoms with Crippen LogP contribution in [0.2, 0.25) is 0 Å². The molecule has 0 spiro atoms. The zero-order valence-electron chi connectivity index (χ0n) is 10.8. The Morgan fingerprint density at radius 2 is 2.00 bits per heavy atom. The second-order valence-electron chi connectivity index (χ2n) is 5.66. The van der Waals surface area contributed by atoms with Gasteiger partial charge in [0.05, 0.1) is 5.54 Å². The highest BCUT2D eigenvalue weighted by Gasteiger charge is 2.42. The predicted octanol–water partition coefficient (Wildman–Crippen LogP) is 2.15. The van der Waals surface area contributed by atoms with E-state index in [-0.39, 0.29) is 0 Å². The van der Waals surface area contributed by atoms with Gasteiger partial charge in [0.25, 0.3) is 0 Å². The van der Waals surface area contributed by atoms with Gasteiger partial charge in [-0.05, 0) is 33.6 Å². The molecule has 1 atom stereocenters. The molecular weight excluding hydrogens is 225 g/mol. The first-order valence-corrected chi connectivity index (χ1v) is 6.04. The van der Waals surface area contributed by atoms with Crippen molar-refractivity contribution in [2.45, 2.75) is 63.7 Å². The highest BCUT2D eigenvalue weighted by atomic mass is 19.1. The number of nitrogens with one attached hydrogen (secondary N) is 1. The number of aliphatic hydroxyl groups is 1. The molecule has 2 N–H and O–H groups in total. The van der Waals surface area contributed by atoms with E-state index < -0.39 is 30.0 Å². The SMILES string of the molecule is CC(C)(C)OC(=O)NC1(C(O)CF)CCCC1. The molecule has 1 rings (SSSR count). The van der Waals surface area contributed by atoms with Crippen LogP contribution in [0, 0.1) is 0 Å². The molecule has 17 heavy (non-hydrogen) atoms. The lowest BCUT2D eigenvalue weighted by molar-refractivity contribution is 0.0145. The Kier molecular flexibility index (Phi) is 4.36. The van der Waals surface area contributed by atoms with E-state index in [1.165, 1.54) is 0 Å².